The van der Waals surface area contributed by atoms with E-state index in [1.165, 1.54) is 21.4 Å². The van der Waals surface area contributed by atoms with Gasteiger partial charge in [-0.15, -0.1) is 0 Å². The molecule has 2 rings (SSSR count). The van der Waals surface area contributed by atoms with Crippen LogP contribution in [-0.4, -0.2) is 22.9 Å². The molecule has 21 heavy (non-hydrogen) atoms. The van der Waals surface area contributed by atoms with Crippen molar-refractivity contribution in [3.63, 3.8) is 0 Å². The number of rotatable bonds is 7. The van der Waals surface area contributed by atoms with E-state index in [0.29, 0.717) is 5.92 Å². The molecule has 1 heterocycles. The van der Waals surface area contributed by atoms with E-state index in [1.54, 1.807) is 0 Å². The van der Waals surface area contributed by atoms with Crippen LogP contribution in [0.2, 0.25) is 0 Å². The van der Waals surface area contributed by atoms with E-state index < -0.39 is 0 Å². The van der Waals surface area contributed by atoms with Crippen LogP contribution < -0.4 is 5.32 Å². The normalized spacial score (nSPS) is 12.6. The van der Waals surface area contributed by atoms with E-state index in [4.69, 9.17) is 0 Å². The Kier molecular flexibility index (Phi) is 6.00. The summed E-state index contributed by atoms with van der Waals surface area (Å²) < 4.78 is 3.21. The van der Waals surface area contributed by atoms with Crippen molar-refractivity contribution in [2.75, 3.05) is 13.1 Å². The lowest BCUT2D eigenvalue weighted by atomic mass is 9.94. The maximum absolute atomic E-state index is 4.56. The molecule has 1 aromatic carbocycles. The van der Waals surface area contributed by atoms with E-state index in [1.807, 2.05) is 11.7 Å². The van der Waals surface area contributed by atoms with Crippen molar-refractivity contribution in [3.8, 4) is 0 Å². The van der Waals surface area contributed by atoms with Crippen LogP contribution in [0.15, 0.2) is 34.8 Å². The molecule has 2 aromatic rings. The Balaban J connectivity index is 2.24. The molecule has 3 nitrogen and oxygen atoms in total. The van der Waals surface area contributed by atoms with Crippen molar-refractivity contribution in [3.05, 3.63) is 51.8 Å². The van der Waals surface area contributed by atoms with Crippen molar-refractivity contribution in [1.82, 2.24) is 15.1 Å². The van der Waals surface area contributed by atoms with Gasteiger partial charge in [0.05, 0.1) is 5.69 Å². The summed E-state index contributed by atoms with van der Waals surface area (Å²) in [4.78, 5) is 0. The fraction of sp³-hybridized carbons (Fsp3) is 0.471. The molecular formula is C17H24BrN3. The third-order valence-corrected chi connectivity index (χ3v) is 4.55. The highest BCUT2D eigenvalue weighted by Gasteiger charge is 2.17. The summed E-state index contributed by atoms with van der Waals surface area (Å²) in [5.74, 6) is 0.445. The third-order valence-electron chi connectivity index (χ3n) is 3.83. The van der Waals surface area contributed by atoms with Crippen LogP contribution in [0, 0.1) is 0 Å². The van der Waals surface area contributed by atoms with Crippen molar-refractivity contribution >= 4 is 15.9 Å². The number of nitrogens with zero attached hydrogens (tertiary/aromatic N) is 2. The molecule has 0 spiro atoms. The van der Waals surface area contributed by atoms with Gasteiger partial charge in [0.25, 0.3) is 0 Å². The first-order chi connectivity index (χ1) is 10.2. The van der Waals surface area contributed by atoms with Gasteiger partial charge in [-0.05, 0) is 37.1 Å². The predicted octanol–water partition coefficient (Wildman–Crippen LogP) is 3.68. The lowest BCUT2D eigenvalue weighted by molar-refractivity contribution is 0.568. The van der Waals surface area contributed by atoms with Gasteiger partial charge in [0.1, 0.15) is 0 Å². The van der Waals surface area contributed by atoms with Crippen LogP contribution in [0.3, 0.4) is 0 Å². The third kappa shape index (κ3) is 4.17. The van der Waals surface area contributed by atoms with Crippen LogP contribution in [0.1, 0.15) is 36.7 Å². The molecule has 4 heteroatoms. The number of aromatic nitrogens is 2. The topological polar surface area (TPSA) is 29.9 Å². The van der Waals surface area contributed by atoms with Crippen LogP contribution >= 0.6 is 15.9 Å². The Hall–Kier alpha value is -1.13. The summed E-state index contributed by atoms with van der Waals surface area (Å²) in [7, 11) is 2.04. The molecule has 0 aliphatic rings. The van der Waals surface area contributed by atoms with Crippen molar-refractivity contribution < 1.29 is 0 Å². The molecule has 0 radical (unpaired) electrons. The molecule has 114 valence electrons. The Labute approximate surface area is 135 Å². The minimum absolute atomic E-state index is 0.445. The van der Waals surface area contributed by atoms with Crippen molar-refractivity contribution in [1.29, 1.82) is 0 Å². The number of aryl methyl sites for hydroxylation is 2. The smallest absolute Gasteiger partial charge is 0.0624 e. The molecule has 0 aliphatic heterocycles. The molecule has 0 saturated carbocycles. The van der Waals surface area contributed by atoms with Gasteiger partial charge in [0, 0.05) is 29.7 Å². The van der Waals surface area contributed by atoms with Crippen molar-refractivity contribution in [2.45, 2.75) is 32.6 Å². The molecule has 0 fully saturated rings. The first-order valence-electron chi connectivity index (χ1n) is 7.62. The summed E-state index contributed by atoms with van der Waals surface area (Å²) in [6.07, 6.45) is 1.99. The second kappa shape index (κ2) is 7.76. The van der Waals surface area contributed by atoms with E-state index in [0.717, 1.165) is 25.9 Å². The van der Waals surface area contributed by atoms with E-state index in [-0.39, 0.29) is 0 Å². The van der Waals surface area contributed by atoms with Gasteiger partial charge in [-0.2, -0.15) is 5.10 Å². The maximum atomic E-state index is 4.56. The maximum Gasteiger partial charge on any atom is 0.0624 e. The summed E-state index contributed by atoms with van der Waals surface area (Å²) in [5, 5.41) is 8.05. The SMILES string of the molecule is CCNCC(Cc1cc(CC)nn1C)c1ccccc1Br. The van der Waals surface area contributed by atoms with Crippen LogP contribution in [-0.2, 0) is 19.9 Å². The Morgan fingerprint density at radius 2 is 2.05 bits per heavy atom. The van der Waals surface area contributed by atoms with Crippen molar-refractivity contribution in [2.24, 2.45) is 7.05 Å². The fourth-order valence-electron chi connectivity index (χ4n) is 2.60. The second-order valence-electron chi connectivity index (χ2n) is 5.33. The first-order valence-corrected chi connectivity index (χ1v) is 8.41. The number of hydrogen-bond donors (Lipinski definition) is 1. The van der Waals surface area contributed by atoms with Gasteiger partial charge >= 0.3 is 0 Å². The summed E-state index contributed by atoms with van der Waals surface area (Å²) in [6, 6.07) is 10.7. The van der Waals surface area contributed by atoms with E-state index in [2.05, 4.69) is 70.5 Å². The molecule has 1 atom stereocenters. The molecule has 0 aliphatic carbocycles. The quantitative estimate of drug-likeness (QED) is 0.826. The molecule has 0 amide bonds. The fourth-order valence-corrected chi connectivity index (χ4v) is 3.21. The Morgan fingerprint density at radius 3 is 2.67 bits per heavy atom. The largest absolute Gasteiger partial charge is 0.316 e. The highest BCUT2D eigenvalue weighted by atomic mass is 79.9. The van der Waals surface area contributed by atoms with Crippen LogP contribution in [0.25, 0.3) is 0 Å². The first kappa shape index (κ1) is 16.2. The summed E-state index contributed by atoms with van der Waals surface area (Å²) in [6.45, 7) is 6.27. The summed E-state index contributed by atoms with van der Waals surface area (Å²) in [5.41, 5.74) is 3.82. The van der Waals surface area contributed by atoms with Crippen LogP contribution in [0.5, 0.6) is 0 Å². The molecule has 0 saturated heterocycles. The molecule has 1 N–H and O–H groups in total. The minimum Gasteiger partial charge on any atom is -0.316 e. The average molecular weight is 350 g/mol. The number of nitrogens with one attached hydrogen (secondary N) is 1. The van der Waals surface area contributed by atoms with Gasteiger partial charge in [0.15, 0.2) is 0 Å². The zero-order chi connectivity index (χ0) is 15.2. The number of likely N-dealkylation sites (N-methyl/N-ethyl adjacent to an activating group) is 1. The van der Waals surface area contributed by atoms with E-state index >= 15 is 0 Å². The second-order valence-corrected chi connectivity index (χ2v) is 6.19. The average Bonchev–Trinajstić information content (AvgIpc) is 2.84. The van der Waals surface area contributed by atoms with Crippen LogP contribution in [0.4, 0.5) is 0 Å². The van der Waals surface area contributed by atoms with E-state index in [9.17, 15) is 0 Å². The van der Waals surface area contributed by atoms with Gasteiger partial charge in [-0.3, -0.25) is 4.68 Å². The zero-order valence-corrected chi connectivity index (χ0v) is 14.7. The van der Waals surface area contributed by atoms with Gasteiger partial charge in [-0.25, -0.2) is 0 Å². The number of hydrogen-bond acceptors (Lipinski definition) is 2. The minimum atomic E-state index is 0.445. The van der Waals surface area contributed by atoms with Gasteiger partial charge in [0.2, 0.25) is 0 Å². The number of halogens is 1. The predicted molar refractivity (Wildman–Crippen MR) is 91.7 cm³/mol. The van der Waals surface area contributed by atoms with Gasteiger partial charge < -0.3 is 5.32 Å². The molecule has 1 aromatic heterocycles. The Morgan fingerprint density at radius 1 is 1.29 bits per heavy atom. The number of benzene rings is 1. The lowest BCUT2D eigenvalue weighted by Crippen LogP contribution is -2.23. The molecule has 1 unspecified atom stereocenters. The monoisotopic (exact) mass is 349 g/mol. The Bertz CT molecular complexity index is 577. The van der Waals surface area contributed by atoms with Gasteiger partial charge in [-0.1, -0.05) is 48.0 Å². The standard InChI is InChI=1S/C17H24BrN3/c1-4-14-11-15(21(3)20-14)10-13(12-19-5-2)16-8-6-7-9-17(16)18/h6-9,11,13,19H,4-5,10,12H2,1-3H3. The molecular weight excluding hydrogens is 326 g/mol. The lowest BCUT2D eigenvalue weighted by Gasteiger charge is -2.19. The highest BCUT2D eigenvalue weighted by Crippen LogP contribution is 2.27. The molecule has 0 bridgehead atoms. The highest BCUT2D eigenvalue weighted by molar-refractivity contribution is 9.10. The summed E-state index contributed by atoms with van der Waals surface area (Å²) >= 11 is 3.69. The zero-order valence-electron chi connectivity index (χ0n) is 13.1.